The number of aromatic amines is 1. The van der Waals surface area contributed by atoms with E-state index >= 15 is 0 Å². The molecule has 0 radical (unpaired) electrons. The molecule has 3 aromatic rings. The van der Waals surface area contributed by atoms with Gasteiger partial charge in [0.1, 0.15) is 5.75 Å². The number of rotatable bonds is 5. The molecule has 0 amide bonds. The van der Waals surface area contributed by atoms with E-state index in [2.05, 4.69) is 10.2 Å². The summed E-state index contributed by atoms with van der Waals surface area (Å²) in [7, 11) is 0. The van der Waals surface area contributed by atoms with Gasteiger partial charge in [-0.3, -0.25) is 5.10 Å². The molecule has 22 heavy (non-hydrogen) atoms. The predicted octanol–water partition coefficient (Wildman–Crippen LogP) is 3.21. The van der Waals surface area contributed by atoms with E-state index < -0.39 is 5.97 Å². The number of aliphatic carboxylic acids is 1. The van der Waals surface area contributed by atoms with Crippen LogP contribution in [0.3, 0.4) is 0 Å². The Labute approximate surface area is 127 Å². The fourth-order valence-corrected chi connectivity index (χ4v) is 2.21. The summed E-state index contributed by atoms with van der Waals surface area (Å²) in [6.45, 7) is -0.347. The molecule has 0 aliphatic heterocycles. The lowest BCUT2D eigenvalue weighted by atomic mass is 10.0. The van der Waals surface area contributed by atoms with Crippen LogP contribution in [0.1, 0.15) is 0 Å². The van der Waals surface area contributed by atoms with Crippen molar-refractivity contribution in [2.24, 2.45) is 0 Å². The van der Waals surface area contributed by atoms with Crippen molar-refractivity contribution in [2.45, 2.75) is 0 Å². The van der Waals surface area contributed by atoms with Gasteiger partial charge < -0.3 is 9.84 Å². The Balaban J connectivity index is 1.86. The number of nitrogens with one attached hydrogen (secondary N) is 1. The SMILES string of the molecule is O=C(O)COc1ccc(-c2cn[nH]c2-c2ccccc2)cc1. The third-order valence-electron chi connectivity index (χ3n) is 3.23. The predicted molar refractivity (Wildman–Crippen MR) is 82.6 cm³/mol. The van der Waals surface area contributed by atoms with Crippen molar-refractivity contribution < 1.29 is 14.6 Å². The van der Waals surface area contributed by atoms with E-state index in [0.29, 0.717) is 5.75 Å². The summed E-state index contributed by atoms with van der Waals surface area (Å²) in [4.78, 5) is 10.5. The van der Waals surface area contributed by atoms with Crippen LogP contribution in [0.4, 0.5) is 0 Å². The Kier molecular flexibility index (Phi) is 3.87. The number of H-pyrrole nitrogens is 1. The van der Waals surface area contributed by atoms with E-state index in [9.17, 15) is 4.79 Å². The van der Waals surface area contributed by atoms with Gasteiger partial charge in [0, 0.05) is 11.1 Å². The normalized spacial score (nSPS) is 10.4. The highest BCUT2D eigenvalue weighted by molar-refractivity contribution is 5.80. The van der Waals surface area contributed by atoms with Crippen LogP contribution >= 0.6 is 0 Å². The lowest BCUT2D eigenvalue weighted by Gasteiger charge is -2.06. The number of carboxylic acids is 1. The average molecular weight is 294 g/mol. The zero-order valence-electron chi connectivity index (χ0n) is 11.7. The number of carbonyl (C=O) groups is 1. The molecule has 2 N–H and O–H groups in total. The number of nitrogens with zero attached hydrogens (tertiary/aromatic N) is 1. The van der Waals surface area contributed by atoms with Crippen molar-refractivity contribution >= 4 is 5.97 Å². The van der Waals surface area contributed by atoms with Crippen LogP contribution in [0, 0.1) is 0 Å². The van der Waals surface area contributed by atoms with Gasteiger partial charge in [0.2, 0.25) is 0 Å². The van der Waals surface area contributed by atoms with Gasteiger partial charge in [-0.15, -0.1) is 0 Å². The Bertz CT molecular complexity index is 764. The summed E-state index contributed by atoms with van der Waals surface area (Å²) < 4.78 is 5.13. The lowest BCUT2D eigenvalue weighted by Crippen LogP contribution is -2.09. The Morgan fingerprint density at radius 3 is 2.45 bits per heavy atom. The monoisotopic (exact) mass is 294 g/mol. The van der Waals surface area contributed by atoms with Crippen LogP contribution in [-0.4, -0.2) is 27.9 Å². The summed E-state index contributed by atoms with van der Waals surface area (Å²) in [5, 5.41) is 15.7. The van der Waals surface area contributed by atoms with E-state index in [0.717, 1.165) is 22.4 Å². The number of ether oxygens (including phenoxy) is 1. The Hall–Kier alpha value is -3.08. The smallest absolute Gasteiger partial charge is 0.341 e. The van der Waals surface area contributed by atoms with Gasteiger partial charge in [-0.05, 0) is 17.7 Å². The second-order valence-corrected chi connectivity index (χ2v) is 4.73. The number of hydrogen-bond donors (Lipinski definition) is 2. The van der Waals surface area contributed by atoms with Gasteiger partial charge in [-0.25, -0.2) is 4.79 Å². The molecule has 0 atom stereocenters. The summed E-state index contributed by atoms with van der Waals surface area (Å²) in [5.41, 5.74) is 3.97. The van der Waals surface area contributed by atoms with Crippen LogP contribution in [0.2, 0.25) is 0 Å². The molecule has 1 aromatic heterocycles. The average Bonchev–Trinajstić information content (AvgIpc) is 3.04. The highest BCUT2D eigenvalue weighted by atomic mass is 16.5. The second kappa shape index (κ2) is 6.13. The molecule has 0 unspecified atom stereocenters. The number of hydrogen-bond acceptors (Lipinski definition) is 3. The quantitative estimate of drug-likeness (QED) is 0.757. The first kappa shape index (κ1) is 13.9. The topological polar surface area (TPSA) is 75.2 Å². The maximum absolute atomic E-state index is 10.5. The van der Waals surface area contributed by atoms with Crippen LogP contribution < -0.4 is 4.74 Å². The van der Waals surface area contributed by atoms with Crippen molar-refractivity contribution in [3.8, 4) is 28.1 Å². The van der Waals surface area contributed by atoms with Gasteiger partial charge in [-0.2, -0.15) is 5.10 Å². The van der Waals surface area contributed by atoms with Crippen molar-refractivity contribution in [1.29, 1.82) is 0 Å². The van der Waals surface area contributed by atoms with Crippen molar-refractivity contribution in [3.63, 3.8) is 0 Å². The highest BCUT2D eigenvalue weighted by Gasteiger charge is 2.09. The molecule has 2 aromatic carbocycles. The zero-order chi connectivity index (χ0) is 15.4. The standard InChI is InChI=1S/C17H14N2O3/c20-16(21)11-22-14-8-6-12(7-9-14)15-10-18-19-17(15)13-4-2-1-3-5-13/h1-10H,11H2,(H,18,19)(H,20,21). The molecule has 0 bridgehead atoms. The van der Waals surface area contributed by atoms with Crippen LogP contribution in [-0.2, 0) is 4.79 Å². The van der Waals surface area contributed by atoms with Gasteiger partial charge >= 0.3 is 5.97 Å². The minimum atomic E-state index is -0.995. The van der Waals surface area contributed by atoms with Gasteiger partial charge in [-0.1, -0.05) is 42.5 Å². The first-order valence-corrected chi connectivity index (χ1v) is 6.78. The maximum Gasteiger partial charge on any atom is 0.341 e. The molecule has 0 aliphatic carbocycles. The Morgan fingerprint density at radius 1 is 1.05 bits per heavy atom. The number of carboxylic acid groups (broad SMARTS) is 1. The van der Waals surface area contributed by atoms with Gasteiger partial charge in [0.15, 0.2) is 6.61 Å². The molecular weight excluding hydrogens is 280 g/mol. The zero-order valence-corrected chi connectivity index (χ0v) is 11.7. The molecule has 0 saturated carbocycles. The summed E-state index contributed by atoms with van der Waals surface area (Å²) >= 11 is 0. The Morgan fingerprint density at radius 2 is 1.77 bits per heavy atom. The molecule has 0 aliphatic rings. The van der Waals surface area contributed by atoms with Crippen molar-refractivity contribution in [3.05, 3.63) is 60.8 Å². The molecule has 5 nitrogen and oxygen atoms in total. The fourth-order valence-electron chi connectivity index (χ4n) is 2.21. The molecule has 0 saturated heterocycles. The van der Waals surface area contributed by atoms with Crippen LogP contribution in [0.5, 0.6) is 5.75 Å². The summed E-state index contributed by atoms with van der Waals surface area (Å²) in [6.07, 6.45) is 1.77. The third kappa shape index (κ3) is 2.98. The molecule has 0 fully saturated rings. The third-order valence-corrected chi connectivity index (χ3v) is 3.23. The minimum Gasteiger partial charge on any atom is -0.482 e. The molecule has 5 heteroatoms. The second-order valence-electron chi connectivity index (χ2n) is 4.73. The van der Waals surface area contributed by atoms with Crippen LogP contribution in [0.25, 0.3) is 22.4 Å². The maximum atomic E-state index is 10.5. The van der Waals surface area contributed by atoms with E-state index in [-0.39, 0.29) is 6.61 Å². The number of benzene rings is 2. The van der Waals surface area contributed by atoms with Crippen molar-refractivity contribution in [1.82, 2.24) is 10.2 Å². The fraction of sp³-hybridized carbons (Fsp3) is 0.0588. The molecule has 110 valence electrons. The van der Waals surface area contributed by atoms with E-state index in [1.165, 1.54) is 0 Å². The number of aromatic nitrogens is 2. The molecule has 1 heterocycles. The van der Waals surface area contributed by atoms with E-state index in [1.54, 1.807) is 18.3 Å². The first-order valence-electron chi connectivity index (χ1n) is 6.78. The largest absolute Gasteiger partial charge is 0.482 e. The van der Waals surface area contributed by atoms with Gasteiger partial charge in [0.25, 0.3) is 0 Å². The molecule has 3 rings (SSSR count). The minimum absolute atomic E-state index is 0.347. The first-order chi connectivity index (χ1) is 10.7. The van der Waals surface area contributed by atoms with Crippen molar-refractivity contribution in [2.75, 3.05) is 6.61 Å². The van der Waals surface area contributed by atoms with E-state index in [1.807, 2.05) is 42.5 Å². The lowest BCUT2D eigenvalue weighted by molar-refractivity contribution is -0.139. The summed E-state index contributed by atoms with van der Waals surface area (Å²) in [6, 6.07) is 17.2. The van der Waals surface area contributed by atoms with Gasteiger partial charge in [0.05, 0.1) is 11.9 Å². The summed E-state index contributed by atoms with van der Waals surface area (Å²) in [5.74, 6) is -0.471. The molecule has 0 spiro atoms. The van der Waals surface area contributed by atoms with Crippen LogP contribution in [0.15, 0.2) is 60.8 Å². The molecular formula is C17H14N2O3. The highest BCUT2D eigenvalue weighted by Crippen LogP contribution is 2.30. The van der Waals surface area contributed by atoms with E-state index in [4.69, 9.17) is 9.84 Å².